The summed E-state index contributed by atoms with van der Waals surface area (Å²) in [6, 6.07) is 5.56. The smallest absolute Gasteiger partial charge is 0.134 e. The Morgan fingerprint density at radius 1 is 1.23 bits per heavy atom. The van der Waals surface area contributed by atoms with Crippen LogP contribution in [0.1, 0.15) is 24.3 Å². The summed E-state index contributed by atoms with van der Waals surface area (Å²) >= 11 is 11.9. The number of carbonyl (C=O) groups is 1. The van der Waals surface area contributed by atoms with Crippen LogP contribution in [0.15, 0.2) is 18.2 Å². The molecule has 1 saturated carbocycles. The van der Waals surface area contributed by atoms with Crippen molar-refractivity contribution < 1.29 is 4.79 Å². The molecule has 0 heterocycles. The van der Waals surface area contributed by atoms with E-state index in [4.69, 9.17) is 23.2 Å². The maximum absolute atomic E-state index is 10.8. The minimum Gasteiger partial charge on any atom is -0.300 e. The van der Waals surface area contributed by atoms with Crippen LogP contribution in [-0.4, -0.2) is 5.78 Å². The Kier molecular flexibility index (Phi) is 2.31. The maximum atomic E-state index is 10.8. The average molecular weight is 215 g/mol. The zero-order valence-electron chi connectivity index (χ0n) is 6.89. The van der Waals surface area contributed by atoms with Crippen molar-refractivity contribution in [2.45, 2.75) is 18.8 Å². The minimum absolute atomic E-state index is 0.290. The molecule has 1 nitrogen and oxygen atoms in total. The SMILES string of the molecule is O=C1CC(c2cccc(Cl)c2Cl)C1. The number of benzene rings is 1. The fourth-order valence-electron chi connectivity index (χ4n) is 1.55. The topological polar surface area (TPSA) is 17.1 Å². The van der Waals surface area contributed by atoms with Crippen molar-refractivity contribution >= 4 is 29.0 Å². The summed E-state index contributed by atoms with van der Waals surface area (Å²) < 4.78 is 0. The van der Waals surface area contributed by atoms with Gasteiger partial charge in [0.1, 0.15) is 5.78 Å². The van der Waals surface area contributed by atoms with Crippen LogP contribution >= 0.6 is 23.2 Å². The Morgan fingerprint density at radius 2 is 1.92 bits per heavy atom. The molecule has 1 aliphatic rings. The maximum Gasteiger partial charge on any atom is 0.134 e. The van der Waals surface area contributed by atoms with Crippen LogP contribution in [0.25, 0.3) is 0 Å². The molecule has 0 bridgehead atoms. The molecule has 0 amide bonds. The molecule has 0 aromatic heterocycles. The highest BCUT2D eigenvalue weighted by Gasteiger charge is 2.29. The highest BCUT2D eigenvalue weighted by molar-refractivity contribution is 6.42. The molecule has 68 valence electrons. The van der Waals surface area contributed by atoms with E-state index in [-0.39, 0.29) is 0 Å². The first-order chi connectivity index (χ1) is 6.18. The van der Waals surface area contributed by atoms with Crippen molar-refractivity contribution in [3.05, 3.63) is 33.8 Å². The lowest BCUT2D eigenvalue weighted by atomic mass is 9.79. The highest BCUT2D eigenvalue weighted by atomic mass is 35.5. The molecule has 2 rings (SSSR count). The van der Waals surface area contributed by atoms with Gasteiger partial charge in [-0.3, -0.25) is 4.79 Å². The van der Waals surface area contributed by atoms with Gasteiger partial charge >= 0.3 is 0 Å². The minimum atomic E-state index is 0.290. The third-order valence-corrected chi connectivity index (χ3v) is 3.20. The van der Waals surface area contributed by atoms with Gasteiger partial charge in [0.25, 0.3) is 0 Å². The molecule has 0 aliphatic heterocycles. The zero-order valence-corrected chi connectivity index (χ0v) is 8.40. The summed E-state index contributed by atoms with van der Waals surface area (Å²) in [7, 11) is 0. The highest BCUT2D eigenvalue weighted by Crippen LogP contribution is 2.39. The number of hydrogen-bond acceptors (Lipinski definition) is 1. The molecule has 1 aliphatic carbocycles. The Morgan fingerprint density at radius 3 is 2.54 bits per heavy atom. The normalized spacial score (nSPS) is 17.2. The van der Waals surface area contributed by atoms with E-state index in [9.17, 15) is 4.79 Å². The summed E-state index contributed by atoms with van der Waals surface area (Å²) in [6.45, 7) is 0. The van der Waals surface area contributed by atoms with Gasteiger partial charge in [0.15, 0.2) is 0 Å². The van der Waals surface area contributed by atoms with E-state index in [0.717, 1.165) is 5.56 Å². The van der Waals surface area contributed by atoms with Crippen molar-refractivity contribution in [2.75, 3.05) is 0 Å². The van der Waals surface area contributed by atoms with Gasteiger partial charge < -0.3 is 0 Å². The van der Waals surface area contributed by atoms with E-state index in [2.05, 4.69) is 0 Å². The van der Waals surface area contributed by atoms with Gasteiger partial charge in [-0.15, -0.1) is 0 Å². The second-order valence-corrected chi connectivity index (χ2v) is 4.07. The molecule has 0 saturated heterocycles. The molecule has 13 heavy (non-hydrogen) atoms. The Labute approximate surface area is 86.7 Å². The quantitative estimate of drug-likeness (QED) is 0.701. The van der Waals surface area contributed by atoms with Crippen LogP contribution < -0.4 is 0 Å². The van der Waals surface area contributed by atoms with E-state index >= 15 is 0 Å². The standard InChI is InChI=1S/C10H8Cl2O/c11-9-3-1-2-8(10(9)12)6-4-7(13)5-6/h1-3,6H,4-5H2. The predicted molar refractivity (Wildman–Crippen MR) is 53.4 cm³/mol. The monoisotopic (exact) mass is 214 g/mol. The van der Waals surface area contributed by atoms with Crippen molar-refractivity contribution in [1.82, 2.24) is 0 Å². The van der Waals surface area contributed by atoms with Gasteiger partial charge in [-0.25, -0.2) is 0 Å². The molecule has 1 aromatic rings. The molecule has 0 radical (unpaired) electrons. The summed E-state index contributed by atoms with van der Waals surface area (Å²) in [4.78, 5) is 10.8. The second kappa shape index (κ2) is 3.32. The van der Waals surface area contributed by atoms with E-state index in [1.165, 1.54) is 0 Å². The molecular formula is C10H8Cl2O. The number of Topliss-reactive ketones (excluding diaryl/α,β-unsaturated/α-hetero) is 1. The van der Waals surface area contributed by atoms with Crippen LogP contribution in [0, 0.1) is 0 Å². The van der Waals surface area contributed by atoms with Crippen LogP contribution in [0.5, 0.6) is 0 Å². The van der Waals surface area contributed by atoms with E-state index in [1.54, 1.807) is 6.07 Å². The Bertz CT molecular complexity index is 352. The molecule has 3 heteroatoms. The summed E-state index contributed by atoms with van der Waals surface area (Å²) in [5, 5.41) is 1.17. The molecule has 1 fully saturated rings. The van der Waals surface area contributed by atoms with Crippen LogP contribution in [0.4, 0.5) is 0 Å². The summed E-state index contributed by atoms with van der Waals surface area (Å²) in [5.74, 6) is 0.597. The van der Waals surface area contributed by atoms with Gasteiger partial charge in [-0.1, -0.05) is 35.3 Å². The number of halogens is 2. The first kappa shape index (κ1) is 9.04. The number of ketones is 1. The number of rotatable bonds is 1. The third-order valence-electron chi connectivity index (χ3n) is 2.37. The lowest BCUT2D eigenvalue weighted by Crippen LogP contribution is -2.21. The van der Waals surface area contributed by atoms with Gasteiger partial charge in [0.2, 0.25) is 0 Å². The Hall–Kier alpha value is -0.530. The first-order valence-electron chi connectivity index (χ1n) is 4.14. The first-order valence-corrected chi connectivity index (χ1v) is 4.89. The molecule has 0 spiro atoms. The molecular weight excluding hydrogens is 207 g/mol. The lowest BCUT2D eigenvalue weighted by Gasteiger charge is -2.25. The third kappa shape index (κ3) is 1.59. The molecule has 1 aromatic carbocycles. The molecule has 0 atom stereocenters. The van der Waals surface area contributed by atoms with Gasteiger partial charge in [0, 0.05) is 12.8 Å². The summed E-state index contributed by atoms with van der Waals surface area (Å²) in [5.41, 5.74) is 1.01. The van der Waals surface area contributed by atoms with E-state index in [1.807, 2.05) is 12.1 Å². The van der Waals surface area contributed by atoms with Crippen molar-refractivity contribution in [3.63, 3.8) is 0 Å². The lowest BCUT2D eigenvalue weighted by molar-refractivity contribution is -0.124. The molecule has 0 N–H and O–H groups in total. The van der Waals surface area contributed by atoms with Crippen molar-refractivity contribution in [1.29, 1.82) is 0 Å². The van der Waals surface area contributed by atoms with Crippen LogP contribution in [-0.2, 0) is 4.79 Å². The van der Waals surface area contributed by atoms with Crippen molar-refractivity contribution in [2.24, 2.45) is 0 Å². The number of carbonyl (C=O) groups excluding carboxylic acids is 1. The summed E-state index contributed by atoms with van der Waals surface area (Å²) in [6.07, 6.45) is 1.22. The van der Waals surface area contributed by atoms with Crippen molar-refractivity contribution in [3.8, 4) is 0 Å². The van der Waals surface area contributed by atoms with E-state index < -0.39 is 0 Å². The van der Waals surface area contributed by atoms with Gasteiger partial charge in [-0.05, 0) is 17.5 Å². The van der Waals surface area contributed by atoms with Gasteiger partial charge in [0.05, 0.1) is 10.0 Å². The zero-order chi connectivity index (χ0) is 9.42. The van der Waals surface area contributed by atoms with Gasteiger partial charge in [-0.2, -0.15) is 0 Å². The van der Waals surface area contributed by atoms with Crippen LogP contribution in [0.2, 0.25) is 10.0 Å². The molecule has 0 unspecified atom stereocenters. The Balaban J connectivity index is 2.30. The average Bonchev–Trinajstić information content (AvgIpc) is 2.05. The second-order valence-electron chi connectivity index (χ2n) is 3.29. The number of hydrogen-bond donors (Lipinski definition) is 0. The van der Waals surface area contributed by atoms with E-state index in [0.29, 0.717) is 34.6 Å². The predicted octanol–water partition coefficient (Wildman–Crippen LogP) is 3.44. The van der Waals surface area contributed by atoms with Crippen LogP contribution in [0.3, 0.4) is 0 Å². The fraction of sp³-hybridized carbons (Fsp3) is 0.300. The largest absolute Gasteiger partial charge is 0.300 e. The fourth-order valence-corrected chi connectivity index (χ4v) is 2.01.